The van der Waals surface area contributed by atoms with E-state index >= 15 is 0 Å². The molecule has 0 saturated carbocycles. The average molecular weight is 267 g/mol. The van der Waals surface area contributed by atoms with Gasteiger partial charge in [-0.15, -0.1) is 0 Å². The van der Waals surface area contributed by atoms with Crippen LogP contribution in [0.15, 0.2) is 24.3 Å². The standard InChI is InChI=1S/C7H11NO6P2/c8-6-3-1-2-4-7(6)14-16(12,13)5-15(9,10)11/h1-4H,5,8H2,(H,12,13)(H2,9,10,11). The molecule has 90 valence electrons. The third-order valence-electron chi connectivity index (χ3n) is 1.52. The molecule has 1 aromatic carbocycles. The number of benzene rings is 1. The fourth-order valence-corrected chi connectivity index (χ4v) is 3.55. The molecule has 5 N–H and O–H groups in total. The highest BCUT2D eigenvalue weighted by molar-refractivity contribution is 7.70. The third kappa shape index (κ3) is 4.35. The van der Waals surface area contributed by atoms with Crippen molar-refractivity contribution in [2.45, 2.75) is 0 Å². The summed E-state index contributed by atoms with van der Waals surface area (Å²) in [6.07, 6.45) is 0. The van der Waals surface area contributed by atoms with Crippen molar-refractivity contribution in [2.75, 3.05) is 11.6 Å². The normalized spacial score (nSPS) is 15.4. The first-order valence-corrected chi connectivity index (χ1v) is 7.66. The number of rotatable bonds is 4. The SMILES string of the molecule is Nc1ccccc1OP(=O)(O)CP(=O)(O)O. The number of anilines is 1. The van der Waals surface area contributed by atoms with Gasteiger partial charge in [0.15, 0.2) is 11.7 Å². The molecule has 16 heavy (non-hydrogen) atoms. The second-order valence-corrected chi connectivity index (χ2v) is 6.99. The second kappa shape index (κ2) is 4.57. The van der Waals surface area contributed by atoms with Crippen LogP contribution in [0.1, 0.15) is 0 Å². The lowest BCUT2D eigenvalue weighted by molar-refractivity contribution is 0.360. The third-order valence-corrected chi connectivity index (χ3v) is 4.91. The Labute approximate surface area is 91.6 Å². The molecule has 0 fully saturated rings. The molecule has 0 spiro atoms. The van der Waals surface area contributed by atoms with Gasteiger partial charge in [-0.1, -0.05) is 12.1 Å². The minimum absolute atomic E-state index is 0.0817. The van der Waals surface area contributed by atoms with Crippen LogP contribution in [-0.2, 0) is 9.13 Å². The minimum Gasteiger partial charge on any atom is -0.422 e. The highest BCUT2D eigenvalue weighted by atomic mass is 31.2. The quantitative estimate of drug-likeness (QED) is 0.472. The monoisotopic (exact) mass is 267 g/mol. The maximum absolute atomic E-state index is 11.3. The van der Waals surface area contributed by atoms with E-state index in [1.54, 1.807) is 6.07 Å². The molecule has 0 aromatic heterocycles. The summed E-state index contributed by atoms with van der Waals surface area (Å²) >= 11 is 0. The summed E-state index contributed by atoms with van der Waals surface area (Å²) in [5.41, 5.74) is 5.55. The molecule has 7 nitrogen and oxygen atoms in total. The number of nitrogen functional groups attached to an aromatic ring is 1. The van der Waals surface area contributed by atoms with Gasteiger partial charge in [-0.2, -0.15) is 0 Å². The van der Waals surface area contributed by atoms with Gasteiger partial charge < -0.3 is 24.9 Å². The molecule has 1 rings (SSSR count). The van der Waals surface area contributed by atoms with E-state index in [2.05, 4.69) is 4.52 Å². The minimum atomic E-state index is -4.62. The lowest BCUT2D eigenvalue weighted by Crippen LogP contribution is -2.00. The molecule has 0 aliphatic carbocycles. The van der Waals surface area contributed by atoms with Crippen LogP contribution in [0.3, 0.4) is 0 Å². The molecule has 0 amide bonds. The summed E-state index contributed by atoms with van der Waals surface area (Å²) in [7, 11) is -9.02. The van der Waals surface area contributed by atoms with E-state index in [0.717, 1.165) is 0 Å². The molecule has 1 unspecified atom stereocenters. The first-order chi connectivity index (χ1) is 7.20. The number of para-hydroxylation sites is 2. The molecule has 1 atom stereocenters. The van der Waals surface area contributed by atoms with Gasteiger partial charge in [0.25, 0.3) is 0 Å². The Hall–Kier alpha value is -0.840. The van der Waals surface area contributed by atoms with Crippen LogP contribution >= 0.6 is 15.2 Å². The van der Waals surface area contributed by atoms with E-state index in [-0.39, 0.29) is 11.4 Å². The molecule has 0 heterocycles. The molecule has 1 aromatic rings. The average Bonchev–Trinajstić information content (AvgIpc) is 2.04. The van der Waals surface area contributed by atoms with Gasteiger partial charge in [-0.3, -0.25) is 4.57 Å². The zero-order valence-electron chi connectivity index (χ0n) is 8.05. The van der Waals surface area contributed by atoms with E-state index in [1.165, 1.54) is 18.2 Å². The van der Waals surface area contributed by atoms with Crippen molar-refractivity contribution in [3.05, 3.63) is 24.3 Å². The summed E-state index contributed by atoms with van der Waals surface area (Å²) in [6.45, 7) is 0. The second-order valence-electron chi connectivity index (χ2n) is 3.07. The van der Waals surface area contributed by atoms with Gasteiger partial charge in [0.05, 0.1) is 5.69 Å². The van der Waals surface area contributed by atoms with Gasteiger partial charge >= 0.3 is 15.2 Å². The van der Waals surface area contributed by atoms with Crippen LogP contribution in [-0.4, -0.2) is 20.6 Å². The molecule has 0 radical (unpaired) electrons. The Kier molecular flexibility index (Phi) is 3.78. The van der Waals surface area contributed by atoms with E-state index < -0.39 is 21.1 Å². The van der Waals surface area contributed by atoms with Crippen LogP contribution in [0.5, 0.6) is 5.75 Å². The van der Waals surface area contributed by atoms with Crippen molar-refractivity contribution in [1.29, 1.82) is 0 Å². The van der Waals surface area contributed by atoms with Crippen LogP contribution < -0.4 is 10.3 Å². The predicted molar refractivity (Wildman–Crippen MR) is 58.2 cm³/mol. The van der Waals surface area contributed by atoms with Crippen molar-refractivity contribution in [2.24, 2.45) is 0 Å². The summed E-state index contributed by atoms with van der Waals surface area (Å²) in [6, 6.07) is 5.88. The first-order valence-electron chi connectivity index (χ1n) is 4.10. The van der Waals surface area contributed by atoms with E-state index in [0.29, 0.717) is 0 Å². The molecule has 0 aliphatic heterocycles. The Balaban J connectivity index is 2.85. The largest absolute Gasteiger partial charge is 0.422 e. The van der Waals surface area contributed by atoms with Crippen molar-refractivity contribution >= 4 is 20.9 Å². The Morgan fingerprint density at radius 2 is 1.75 bits per heavy atom. The van der Waals surface area contributed by atoms with E-state index in [9.17, 15) is 14.0 Å². The zero-order valence-corrected chi connectivity index (χ0v) is 9.84. The van der Waals surface area contributed by atoms with Gasteiger partial charge in [0.2, 0.25) is 0 Å². The smallest absolute Gasteiger partial charge is 0.388 e. The van der Waals surface area contributed by atoms with Crippen molar-refractivity contribution in [3.63, 3.8) is 0 Å². The van der Waals surface area contributed by atoms with Crippen LogP contribution in [0, 0.1) is 0 Å². The van der Waals surface area contributed by atoms with Crippen molar-refractivity contribution < 1.29 is 28.3 Å². The highest BCUT2D eigenvalue weighted by Gasteiger charge is 2.32. The van der Waals surface area contributed by atoms with Crippen molar-refractivity contribution in [1.82, 2.24) is 0 Å². The van der Waals surface area contributed by atoms with Gasteiger partial charge in [-0.25, -0.2) is 4.57 Å². The van der Waals surface area contributed by atoms with E-state index in [1.807, 2.05) is 0 Å². The summed E-state index contributed by atoms with van der Waals surface area (Å²) in [4.78, 5) is 26.3. The van der Waals surface area contributed by atoms with Gasteiger partial charge in [0.1, 0.15) is 0 Å². The predicted octanol–water partition coefficient (Wildman–Crippen LogP) is 0.968. The number of hydrogen-bond acceptors (Lipinski definition) is 4. The number of nitrogens with two attached hydrogens (primary N) is 1. The molecular weight excluding hydrogens is 256 g/mol. The summed E-state index contributed by atoms with van der Waals surface area (Å²) in [5.74, 6) is -1.32. The van der Waals surface area contributed by atoms with Crippen LogP contribution in [0.2, 0.25) is 0 Å². The Morgan fingerprint density at radius 1 is 1.19 bits per heavy atom. The fraction of sp³-hybridized carbons (Fsp3) is 0.143. The number of hydrogen-bond donors (Lipinski definition) is 4. The van der Waals surface area contributed by atoms with Crippen LogP contribution in [0.4, 0.5) is 5.69 Å². The topological polar surface area (TPSA) is 130 Å². The van der Waals surface area contributed by atoms with Gasteiger partial charge in [-0.05, 0) is 12.1 Å². The summed E-state index contributed by atoms with van der Waals surface area (Å²) < 4.78 is 26.5. The highest BCUT2D eigenvalue weighted by Crippen LogP contribution is 2.55. The maximum atomic E-state index is 11.3. The lowest BCUT2D eigenvalue weighted by Gasteiger charge is -2.14. The summed E-state index contributed by atoms with van der Waals surface area (Å²) in [5, 5.41) is 0. The first kappa shape index (κ1) is 13.2. The fourth-order valence-electron chi connectivity index (χ4n) is 0.979. The lowest BCUT2D eigenvalue weighted by atomic mass is 10.3. The molecular formula is C7H11NO6P2. The molecule has 0 aliphatic rings. The van der Waals surface area contributed by atoms with Gasteiger partial charge in [0, 0.05) is 0 Å². The molecule has 0 bridgehead atoms. The Bertz CT molecular complexity index is 470. The molecule has 0 saturated heterocycles. The molecule has 9 heteroatoms. The Morgan fingerprint density at radius 3 is 2.25 bits per heavy atom. The van der Waals surface area contributed by atoms with Crippen molar-refractivity contribution in [3.8, 4) is 5.75 Å². The van der Waals surface area contributed by atoms with E-state index in [4.69, 9.17) is 15.5 Å². The zero-order chi connectivity index (χ0) is 12.4. The van der Waals surface area contributed by atoms with Crippen LogP contribution in [0.25, 0.3) is 0 Å². The maximum Gasteiger partial charge on any atom is 0.388 e.